The van der Waals surface area contributed by atoms with E-state index in [1.807, 2.05) is 6.92 Å². The summed E-state index contributed by atoms with van der Waals surface area (Å²) in [5.41, 5.74) is 5.62. The fraction of sp³-hybridized carbons (Fsp3) is 0.938. The molecule has 1 rings (SSSR count). The first kappa shape index (κ1) is 16.5. The van der Waals surface area contributed by atoms with Crippen LogP contribution < -0.4 is 5.73 Å². The van der Waals surface area contributed by atoms with Crippen LogP contribution in [0.5, 0.6) is 0 Å². The highest BCUT2D eigenvalue weighted by atomic mass is 16.5. The van der Waals surface area contributed by atoms with Gasteiger partial charge >= 0.3 is 5.97 Å². The van der Waals surface area contributed by atoms with E-state index >= 15 is 0 Å². The van der Waals surface area contributed by atoms with E-state index in [1.54, 1.807) is 0 Å². The molecule has 0 aliphatic heterocycles. The van der Waals surface area contributed by atoms with Crippen molar-refractivity contribution in [3.05, 3.63) is 0 Å². The number of esters is 1. The lowest BCUT2D eigenvalue weighted by Crippen LogP contribution is -2.47. The Balaban J connectivity index is 2.95. The molecule has 0 aromatic carbocycles. The summed E-state index contributed by atoms with van der Waals surface area (Å²) in [6.07, 6.45) is 8.15. The Labute approximate surface area is 118 Å². The largest absolute Gasteiger partial charge is 0.466 e. The van der Waals surface area contributed by atoms with Crippen LogP contribution in [0.1, 0.15) is 65.7 Å². The third kappa shape index (κ3) is 4.20. The van der Waals surface area contributed by atoms with Gasteiger partial charge in [0, 0.05) is 6.54 Å². The van der Waals surface area contributed by atoms with E-state index in [0.717, 1.165) is 19.3 Å². The van der Waals surface area contributed by atoms with Crippen LogP contribution in [0.4, 0.5) is 0 Å². The van der Waals surface area contributed by atoms with Crippen molar-refractivity contribution in [1.29, 1.82) is 0 Å². The Morgan fingerprint density at radius 1 is 1.26 bits per heavy atom. The van der Waals surface area contributed by atoms with Crippen LogP contribution in [0.15, 0.2) is 0 Å². The third-order valence-corrected chi connectivity index (χ3v) is 4.46. The summed E-state index contributed by atoms with van der Waals surface area (Å²) in [5.74, 6) is 0.816. The SMILES string of the molecule is CCOC(=O)C(CN)(CC(C)C)C1CCCCCC1. The summed E-state index contributed by atoms with van der Waals surface area (Å²) < 4.78 is 5.37. The lowest BCUT2D eigenvalue weighted by molar-refractivity contribution is -0.160. The molecular formula is C16H31NO2. The van der Waals surface area contributed by atoms with Crippen molar-refractivity contribution in [1.82, 2.24) is 0 Å². The Morgan fingerprint density at radius 2 is 1.84 bits per heavy atom. The molecule has 1 atom stereocenters. The van der Waals surface area contributed by atoms with Crippen molar-refractivity contribution < 1.29 is 9.53 Å². The Hall–Kier alpha value is -0.570. The van der Waals surface area contributed by atoms with Gasteiger partial charge in [-0.05, 0) is 38.0 Å². The summed E-state index contributed by atoms with van der Waals surface area (Å²) in [6.45, 7) is 7.09. The molecule has 0 amide bonds. The summed E-state index contributed by atoms with van der Waals surface area (Å²) in [4.78, 5) is 12.5. The number of carbonyl (C=O) groups is 1. The van der Waals surface area contributed by atoms with E-state index < -0.39 is 5.41 Å². The van der Waals surface area contributed by atoms with Gasteiger partial charge in [-0.3, -0.25) is 4.79 Å². The molecule has 0 saturated heterocycles. The smallest absolute Gasteiger partial charge is 0.313 e. The minimum atomic E-state index is -0.450. The normalized spacial score (nSPS) is 20.9. The molecule has 0 aromatic heterocycles. The van der Waals surface area contributed by atoms with Gasteiger partial charge in [0.1, 0.15) is 0 Å². The van der Waals surface area contributed by atoms with Gasteiger partial charge in [-0.2, -0.15) is 0 Å². The van der Waals surface area contributed by atoms with Crippen LogP contribution in [-0.4, -0.2) is 19.1 Å². The van der Waals surface area contributed by atoms with Gasteiger partial charge in [-0.25, -0.2) is 0 Å². The van der Waals surface area contributed by atoms with Crippen LogP contribution in [0.3, 0.4) is 0 Å². The van der Waals surface area contributed by atoms with Gasteiger partial charge in [0.05, 0.1) is 12.0 Å². The standard InChI is InChI=1S/C16H31NO2/c1-4-19-15(18)16(12-17,11-13(2)3)14-9-7-5-6-8-10-14/h13-14H,4-12,17H2,1-3H3. The molecule has 3 heteroatoms. The highest BCUT2D eigenvalue weighted by Crippen LogP contribution is 2.42. The average Bonchev–Trinajstić information content (AvgIpc) is 2.65. The van der Waals surface area contributed by atoms with E-state index in [4.69, 9.17) is 10.5 Å². The third-order valence-electron chi connectivity index (χ3n) is 4.46. The maximum Gasteiger partial charge on any atom is 0.313 e. The van der Waals surface area contributed by atoms with E-state index in [0.29, 0.717) is 25.0 Å². The molecular weight excluding hydrogens is 238 g/mol. The van der Waals surface area contributed by atoms with Gasteiger partial charge in [-0.1, -0.05) is 39.5 Å². The number of hydrogen-bond acceptors (Lipinski definition) is 3. The zero-order valence-corrected chi connectivity index (χ0v) is 12.9. The second-order valence-corrected chi connectivity index (χ2v) is 6.37. The molecule has 0 radical (unpaired) electrons. The quantitative estimate of drug-likeness (QED) is 0.593. The van der Waals surface area contributed by atoms with Crippen molar-refractivity contribution in [3.63, 3.8) is 0 Å². The van der Waals surface area contributed by atoms with Gasteiger partial charge in [-0.15, -0.1) is 0 Å². The average molecular weight is 269 g/mol. The zero-order chi connectivity index (χ0) is 14.3. The Morgan fingerprint density at radius 3 is 2.26 bits per heavy atom. The number of carbonyl (C=O) groups excluding carboxylic acids is 1. The molecule has 3 nitrogen and oxygen atoms in total. The lowest BCUT2D eigenvalue weighted by atomic mass is 9.67. The molecule has 0 heterocycles. The summed E-state index contributed by atoms with van der Waals surface area (Å²) >= 11 is 0. The van der Waals surface area contributed by atoms with Crippen LogP contribution >= 0.6 is 0 Å². The number of rotatable bonds is 6. The van der Waals surface area contributed by atoms with Gasteiger partial charge in [0.25, 0.3) is 0 Å². The minimum Gasteiger partial charge on any atom is -0.466 e. The molecule has 0 spiro atoms. The number of nitrogens with two attached hydrogens (primary N) is 1. The predicted octanol–water partition coefficient (Wildman–Crippen LogP) is 3.51. The zero-order valence-electron chi connectivity index (χ0n) is 12.9. The Bertz CT molecular complexity index is 270. The highest BCUT2D eigenvalue weighted by Gasteiger charge is 2.45. The number of hydrogen-bond donors (Lipinski definition) is 1. The number of ether oxygens (including phenoxy) is 1. The molecule has 0 aromatic rings. The summed E-state index contributed by atoms with van der Waals surface area (Å²) in [7, 11) is 0. The summed E-state index contributed by atoms with van der Waals surface area (Å²) in [6, 6.07) is 0. The van der Waals surface area contributed by atoms with Crippen molar-refractivity contribution in [2.75, 3.05) is 13.2 Å². The van der Waals surface area contributed by atoms with Crippen molar-refractivity contribution in [2.24, 2.45) is 23.0 Å². The van der Waals surface area contributed by atoms with E-state index in [2.05, 4.69) is 13.8 Å². The first-order valence-corrected chi connectivity index (χ1v) is 7.94. The maximum absolute atomic E-state index is 12.5. The topological polar surface area (TPSA) is 52.3 Å². The lowest BCUT2D eigenvalue weighted by Gasteiger charge is -2.38. The van der Waals surface area contributed by atoms with Crippen LogP contribution in [0, 0.1) is 17.3 Å². The molecule has 0 bridgehead atoms. The fourth-order valence-corrected chi connectivity index (χ4v) is 3.59. The van der Waals surface area contributed by atoms with Crippen LogP contribution in [0.25, 0.3) is 0 Å². The van der Waals surface area contributed by atoms with Crippen molar-refractivity contribution in [2.45, 2.75) is 65.7 Å². The molecule has 1 aliphatic carbocycles. The highest BCUT2D eigenvalue weighted by molar-refractivity contribution is 5.77. The monoisotopic (exact) mass is 269 g/mol. The van der Waals surface area contributed by atoms with Crippen LogP contribution in [0.2, 0.25) is 0 Å². The van der Waals surface area contributed by atoms with Gasteiger partial charge < -0.3 is 10.5 Å². The van der Waals surface area contributed by atoms with Gasteiger partial charge in [0.2, 0.25) is 0 Å². The van der Waals surface area contributed by atoms with Crippen molar-refractivity contribution in [3.8, 4) is 0 Å². The molecule has 1 fully saturated rings. The maximum atomic E-state index is 12.5. The first-order valence-electron chi connectivity index (χ1n) is 7.94. The predicted molar refractivity (Wildman–Crippen MR) is 78.8 cm³/mol. The van der Waals surface area contributed by atoms with E-state index in [1.165, 1.54) is 25.7 Å². The molecule has 19 heavy (non-hydrogen) atoms. The van der Waals surface area contributed by atoms with Crippen LogP contribution in [-0.2, 0) is 9.53 Å². The van der Waals surface area contributed by atoms with E-state index in [-0.39, 0.29) is 5.97 Å². The molecule has 1 aliphatic rings. The Kier molecular flexibility index (Phi) is 6.84. The molecule has 1 unspecified atom stereocenters. The molecule has 112 valence electrons. The molecule has 2 N–H and O–H groups in total. The second kappa shape index (κ2) is 7.88. The minimum absolute atomic E-state index is 0.0573. The first-order chi connectivity index (χ1) is 9.06. The van der Waals surface area contributed by atoms with Gasteiger partial charge in [0.15, 0.2) is 0 Å². The van der Waals surface area contributed by atoms with E-state index in [9.17, 15) is 4.79 Å². The van der Waals surface area contributed by atoms with Crippen molar-refractivity contribution >= 4 is 5.97 Å². The summed E-state index contributed by atoms with van der Waals surface area (Å²) in [5, 5.41) is 0. The second-order valence-electron chi connectivity index (χ2n) is 6.37. The molecule has 1 saturated carbocycles. The fourth-order valence-electron chi connectivity index (χ4n) is 3.59.